The number of hydrogen-bond acceptors (Lipinski definition) is 2. The van der Waals surface area contributed by atoms with Crippen LogP contribution in [0.3, 0.4) is 0 Å². The Kier molecular flexibility index (Phi) is 3.54. The summed E-state index contributed by atoms with van der Waals surface area (Å²) in [6.07, 6.45) is 3.04. The van der Waals surface area contributed by atoms with Gasteiger partial charge in [-0.15, -0.1) is 11.6 Å². The Balaban J connectivity index is 2.31. The van der Waals surface area contributed by atoms with Gasteiger partial charge in [0, 0.05) is 24.0 Å². The quantitative estimate of drug-likeness (QED) is 0.776. The average molecular weight is 256 g/mol. The first-order chi connectivity index (χ1) is 8.20. The average Bonchev–Trinajstić information content (AvgIpc) is 2.33. The van der Waals surface area contributed by atoms with Crippen LogP contribution < -0.4 is 4.74 Å². The Labute approximate surface area is 102 Å². The van der Waals surface area contributed by atoms with Crippen LogP contribution in [0.1, 0.15) is 5.56 Å². The molecule has 1 aromatic carbocycles. The molecule has 0 amide bonds. The van der Waals surface area contributed by atoms with E-state index in [9.17, 15) is 8.78 Å². The maximum atomic E-state index is 13.4. The third-order valence-corrected chi connectivity index (χ3v) is 2.40. The molecule has 88 valence electrons. The normalized spacial score (nSPS) is 10.3. The van der Waals surface area contributed by atoms with E-state index >= 15 is 0 Å². The SMILES string of the molecule is Fc1ccc(Oc2ccncc2CCl)c(F)c1. The van der Waals surface area contributed by atoms with Gasteiger partial charge in [-0.25, -0.2) is 8.78 Å². The minimum atomic E-state index is -0.762. The number of pyridine rings is 1. The van der Waals surface area contributed by atoms with Crippen molar-refractivity contribution in [2.45, 2.75) is 5.88 Å². The van der Waals surface area contributed by atoms with Gasteiger partial charge in [-0.05, 0) is 18.2 Å². The van der Waals surface area contributed by atoms with Crippen molar-refractivity contribution < 1.29 is 13.5 Å². The molecule has 5 heteroatoms. The van der Waals surface area contributed by atoms with Crippen molar-refractivity contribution in [3.05, 3.63) is 53.9 Å². The zero-order valence-corrected chi connectivity index (χ0v) is 9.42. The van der Waals surface area contributed by atoms with Crippen LogP contribution in [0, 0.1) is 11.6 Å². The minimum Gasteiger partial charge on any atom is -0.454 e. The lowest BCUT2D eigenvalue weighted by Gasteiger charge is -2.09. The van der Waals surface area contributed by atoms with Crippen molar-refractivity contribution in [3.63, 3.8) is 0 Å². The number of ether oxygens (including phenoxy) is 1. The van der Waals surface area contributed by atoms with Gasteiger partial charge in [-0.2, -0.15) is 0 Å². The van der Waals surface area contributed by atoms with Gasteiger partial charge in [-0.1, -0.05) is 0 Å². The summed E-state index contributed by atoms with van der Waals surface area (Å²) >= 11 is 5.69. The maximum Gasteiger partial charge on any atom is 0.168 e. The molecule has 17 heavy (non-hydrogen) atoms. The third-order valence-electron chi connectivity index (χ3n) is 2.12. The fraction of sp³-hybridized carbons (Fsp3) is 0.0833. The fourth-order valence-corrected chi connectivity index (χ4v) is 1.49. The van der Waals surface area contributed by atoms with Crippen LogP contribution >= 0.6 is 11.6 Å². The summed E-state index contributed by atoms with van der Waals surface area (Å²) in [5.74, 6) is -0.861. The van der Waals surface area contributed by atoms with Crippen molar-refractivity contribution >= 4 is 11.6 Å². The maximum absolute atomic E-state index is 13.4. The summed E-state index contributed by atoms with van der Waals surface area (Å²) in [4.78, 5) is 3.88. The second-order valence-electron chi connectivity index (χ2n) is 3.29. The van der Waals surface area contributed by atoms with Crippen LogP contribution in [-0.2, 0) is 5.88 Å². The topological polar surface area (TPSA) is 22.1 Å². The smallest absolute Gasteiger partial charge is 0.168 e. The first-order valence-electron chi connectivity index (χ1n) is 4.82. The van der Waals surface area contributed by atoms with Gasteiger partial charge < -0.3 is 4.74 Å². The van der Waals surface area contributed by atoms with E-state index in [1.165, 1.54) is 18.5 Å². The van der Waals surface area contributed by atoms with Crippen molar-refractivity contribution in [1.29, 1.82) is 0 Å². The molecule has 2 nitrogen and oxygen atoms in total. The molecule has 0 spiro atoms. The molecule has 0 aliphatic carbocycles. The lowest BCUT2D eigenvalue weighted by Crippen LogP contribution is -1.93. The molecule has 1 heterocycles. The first-order valence-corrected chi connectivity index (χ1v) is 5.36. The Morgan fingerprint density at radius 1 is 1.18 bits per heavy atom. The summed E-state index contributed by atoms with van der Waals surface area (Å²) in [6, 6.07) is 4.68. The molecule has 0 radical (unpaired) electrons. The zero-order valence-electron chi connectivity index (χ0n) is 8.66. The second kappa shape index (κ2) is 5.10. The monoisotopic (exact) mass is 255 g/mol. The molecule has 0 saturated carbocycles. The molecule has 0 saturated heterocycles. The molecule has 0 aliphatic heterocycles. The fourth-order valence-electron chi connectivity index (χ4n) is 1.29. The van der Waals surface area contributed by atoms with Crippen molar-refractivity contribution in [1.82, 2.24) is 4.98 Å². The van der Waals surface area contributed by atoms with Gasteiger partial charge in [0.05, 0.1) is 5.88 Å². The van der Waals surface area contributed by atoms with Gasteiger partial charge in [0.25, 0.3) is 0 Å². The Hall–Kier alpha value is -1.68. The summed E-state index contributed by atoms with van der Waals surface area (Å²) < 4.78 is 31.4. The molecule has 0 N–H and O–H groups in total. The van der Waals surface area contributed by atoms with E-state index in [0.717, 1.165) is 12.1 Å². The molecular weight excluding hydrogens is 248 g/mol. The molecule has 0 fully saturated rings. The minimum absolute atomic E-state index is 0.0519. The first kappa shape index (κ1) is 11.8. The summed E-state index contributed by atoms with van der Waals surface area (Å²) in [6.45, 7) is 0. The van der Waals surface area contributed by atoms with E-state index in [4.69, 9.17) is 16.3 Å². The molecule has 2 rings (SSSR count). The number of rotatable bonds is 3. The van der Waals surface area contributed by atoms with Crippen LogP contribution in [0.4, 0.5) is 8.78 Å². The molecule has 1 aromatic heterocycles. The van der Waals surface area contributed by atoms with Crippen molar-refractivity contribution in [2.24, 2.45) is 0 Å². The van der Waals surface area contributed by atoms with Gasteiger partial charge in [0.15, 0.2) is 11.6 Å². The van der Waals surface area contributed by atoms with Crippen molar-refractivity contribution in [2.75, 3.05) is 0 Å². The number of hydrogen-bond donors (Lipinski definition) is 0. The molecule has 0 bridgehead atoms. The Morgan fingerprint density at radius 2 is 2.00 bits per heavy atom. The predicted molar refractivity (Wildman–Crippen MR) is 60.2 cm³/mol. The van der Waals surface area contributed by atoms with Crippen LogP contribution in [-0.4, -0.2) is 4.98 Å². The third kappa shape index (κ3) is 2.71. The highest BCUT2D eigenvalue weighted by Gasteiger charge is 2.08. The molecule has 0 unspecified atom stereocenters. The van der Waals surface area contributed by atoms with Gasteiger partial charge >= 0.3 is 0 Å². The Morgan fingerprint density at radius 3 is 2.71 bits per heavy atom. The highest BCUT2D eigenvalue weighted by molar-refractivity contribution is 6.17. The molecule has 0 aliphatic rings. The summed E-state index contributed by atoms with van der Waals surface area (Å²) in [7, 11) is 0. The number of alkyl halides is 1. The van der Waals surface area contributed by atoms with Crippen LogP contribution in [0.25, 0.3) is 0 Å². The predicted octanol–water partition coefficient (Wildman–Crippen LogP) is 3.89. The number of aromatic nitrogens is 1. The largest absolute Gasteiger partial charge is 0.454 e. The van der Waals surface area contributed by atoms with Crippen LogP contribution in [0.15, 0.2) is 36.7 Å². The highest BCUT2D eigenvalue weighted by atomic mass is 35.5. The zero-order chi connectivity index (χ0) is 12.3. The number of halogens is 3. The van der Waals surface area contributed by atoms with E-state index in [1.807, 2.05) is 0 Å². The molecule has 2 aromatic rings. The van der Waals surface area contributed by atoms with E-state index in [-0.39, 0.29) is 11.6 Å². The van der Waals surface area contributed by atoms with Gasteiger partial charge in [0.2, 0.25) is 0 Å². The van der Waals surface area contributed by atoms with Crippen molar-refractivity contribution in [3.8, 4) is 11.5 Å². The molecule has 0 atom stereocenters. The number of nitrogens with zero attached hydrogens (tertiary/aromatic N) is 1. The van der Waals surface area contributed by atoms with E-state index in [0.29, 0.717) is 11.3 Å². The Bertz CT molecular complexity index is 534. The van der Waals surface area contributed by atoms with Crippen LogP contribution in [0.5, 0.6) is 11.5 Å². The molecular formula is C12H8ClF2NO. The lowest BCUT2D eigenvalue weighted by molar-refractivity contribution is 0.434. The second-order valence-corrected chi connectivity index (χ2v) is 3.56. The van der Waals surface area contributed by atoms with E-state index in [2.05, 4.69) is 4.98 Å². The van der Waals surface area contributed by atoms with E-state index in [1.54, 1.807) is 6.07 Å². The lowest BCUT2D eigenvalue weighted by atomic mass is 10.3. The van der Waals surface area contributed by atoms with Gasteiger partial charge in [0.1, 0.15) is 11.6 Å². The highest BCUT2D eigenvalue weighted by Crippen LogP contribution is 2.27. The summed E-state index contributed by atoms with van der Waals surface area (Å²) in [5, 5.41) is 0. The number of benzene rings is 1. The standard InChI is InChI=1S/C12H8ClF2NO/c13-6-8-7-16-4-3-11(8)17-12-2-1-9(14)5-10(12)15/h1-5,7H,6H2. The van der Waals surface area contributed by atoms with E-state index < -0.39 is 11.6 Å². The summed E-state index contributed by atoms with van der Waals surface area (Å²) in [5.41, 5.74) is 0.637. The van der Waals surface area contributed by atoms with Crippen LogP contribution in [0.2, 0.25) is 0 Å². The van der Waals surface area contributed by atoms with Gasteiger partial charge in [-0.3, -0.25) is 4.98 Å².